The van der Waals surface area contributed by atoms with Crippen LogP contribution in [0.25, 0.3) is 0 Å². The van der Waals surface area contributed by atoms with E-state index in [0.717, 1.165) is 11.3 Å². The van der Waals surface area contributed by atoms with Gasteiger partial charge in [0.1, 0.15) is 5.75 Å². The minimum Gasteiger partial charge on any atom is -0.497 e. The SMILES string of the molecule is COc1cccc(C#C[C@@H]2C=CCCC2)c1. The smallest absolute Gasteiger partial charge is 0.120 e. The highest BCUT2D eigenvalue weighted by Gasteiger charge is 2.03. The first-order valence-electron chi connectivity index (χ1n) is 5.71. The monoisotopic (exact) mass is 212 g/mol. The van der Waals surface area contributed by atoms with Crippen molar-refractivity contribution >= 4 is 0 Å². The van der Waals surface area contributed by atoms with Gasteiger partial charge in [-0.2, -0.15) is 0 Å². The van der Waals surface area contributed by atoms with Crippen LogP contribution in [0.5, 0.6) is 5.75 Å². The van der Waals surface area contributed by atoms with E-state index < -0.39 is 0 Å². The zero-order valence-electron chi connectivity index (χ0n) is 9.57. The molecule has 0 aliphatic heterocycles. The van der Waals surface area contributed by atoms with E-state index in [0.29, 0.717) is 5.92 Å². The van der Waals surface area contributed by atoms with Crippen molar-refractivity contribution < 1.29 is 4.74 Å². The van der Waals surface area contributed by atoms with Crippen molar-refractivity contribution in [1.29, 1.82) is 0 Å². The fraction of sp³-hybridized carbons (Fsp3) is 0.333. The van der Waals surface area contributed by atoms with Gasteiger partial charge in [0.2, 0.25) is 0 Å². The molecule has 1 atom stereocenters. The van der Waals surface area contributed by atoms with Gasteiger partial charge in [0.05, 0.1) is 7.11 Å². The van der Waals surface area contributed by atoms with Gasteiger partial charge in [-0.05, 0) is 37.5 Å². The van der Waals surface area contributed by atoms with Crippen LogP contribution in [0.4, 0.5) is 0 Å². The number of hydrogen-bond acceptors (Lipinski definition) is 1. The molecule has 0 aromatic heterocycles. The summed E-state index contributed by atoms with van der Waals surface area (Å²) in [5.41, 5.74) is 1.03. The molecule has 1 aliphatic rings. The van der Waals surface area contributed by atoms with Gasteiger partial charge in [-0.25, -0.2) is 0 Å². The molecule has 82 valence electrons. The number of allylic oxidation sites excluding steroid dienone is 2. The van der Waals surface area contributed by atoms with E-state index in [1.165, 1.54) is 19.3 Å². The molecule has 0 bridgehead atoms. The van der Waals surface area contributed by atoms with E-state index in [4.69, 9.17) is 4.74 Å². The third-order valence-electron chi connectivity index (χ3n) is 2.73. The Morgan fingerprint density at radius 1 is 1.38 bits per heavy atom. The van der Waals surface area contributed by atoms with Crippen LogP contribution in [-0.2, 0) is 0 Å². The second kappa shape index (κ2) is 5.42. The predicted molar refractivity (Wildman–Crippen MR) is 66.4 cm³/mol. The lowest BCUT2D eigenvalue weighted by atomic mass is 9.96. The summed E-state index contributed by atoms with van der Waals surface area (Å²) >= 11 is 0. The molecule has 1 aromatic carbocycles. The normalized spacial score (nSPS) is 18.7. The van der Waals surface area contributed by atoms with E-state index in [-0.39, 0.29) is 0 Å². The van der Waals surface area contributed by atoms with Gasteiger partial charge in [0.15, 0.2) is 0 Å². The minimum atomic E-state index is 0.431. The summed E-state index contributed by atoms with van der Waals surface area (Å²) in [6.45, 7) is 0. The summed E-state index contributed by atoms with van der Waals surface area (Å²) in [5.74, 6) is 7.80. The number of rotatable bonds is 1. The van der Waals surface area contributed by atoms with E-state index in [1.54, 1.807) is 7.11 Å². The topological polar surface area (TPSA) is 9.23 Å². The zero-order valence-corrected chi connectivity index (χ0v) is 9.57. The highest BCUT2D eigenvalue weighted by molar-refractivity contribution is 5.40. The summed E-state index contributed by atoms with van der Waals surface area (Å²) in [5, 5.41) is 0. The Bertz CT molecular complexity index is 434. The number of methoxy groups -OCH3 is 1. The van der Waals surface area contributed by atoms with E-state index in [1.807, 2.05) is 24.3 Å². The van der Waals surface area contributed by atoms with Crippen LogP contribution in [0.3, 0.4) is 0 Å². The fourth-order valence-corrected chi connectivity index (χ4v) is 1.81. The quantitative estimate of drug-likeness (QED) is 0.512. The summed E-state index contributed by atoms with van der Waals surface area (Å²) in [4.78, 5) is 0. The second-order valence-electron chi connectivity index (χ2n) is 3.97. The lowest BCUT2D eigenvalue weighted by molar-refractivity contribution is 0.414. The summed E-state index contributed by atoms with van der Waals surface area (Å²) in [7, 11) is 1.68. The molecule has 16 heavy (non-hydrogen) atoms. The first kappa shape index (κ1) is 10.8. The summed E-state index contributed by atoms with van der Waals surface area (Å²) in [6, 6.07) is 7.90. The molecule has 0 amide bonds. The lowest BCUT2D eigenvalue weighted by Crippen LogP contribution is -1.96. The minimum absolute atomic E-state index is 0.431. The van der Waals surface area contributed by atoms with Crippen molar-refractivity contribution in [2.24, 2.45) is 5.92 Å². The Morgan fingerprint density at radius 3 is 3.06 bits per heavy atom. The Balaban J connectivity index is 2.10. The predicted octanol–water partition coefficient (Wildman–Crippen LogP) is 3.40. The van der Waals surface area contributed by atoms with Crippen molar-refractivity contribution in [3.8, 4) is 17.6 Å². The summed E-state index contributed by atoms with van der Waals surface area (Å²) < 4.78 is 5.16. The van der Waals surface area contributed by atoms with Crippen molar-refractivity contribution in [3.63, 3.8) is 0 Å². The van der Waals surface area contributed by atoms with Gasteiger partial charge in [0, 0.05) is 11.5 Å². The second-order valence-corrected chi connectivity index (χ2v) is 3.97. The van der Waals surface area contributed by atoms with Gasteiger partial charge < -0.3 is 4.74 Å². The molecule has 0 radical (unpaired) electrons. The molecule has 0 fully saturated rings. The molecule has 2 rings (SSSR count). The van der Waals surface area contributed by atoms with Gasteiger partial charge in [-0.1, -0.05) is 30.1 Å². The number of hydrogen-bond donors (Lipinski definition) is 0. The zero-order chi connectivity index (χ0) is 11.2. The summed E-state index contributed by atoms with van der Waals surface area (Å²) in [6.07, 6.45) is 8.10. The van der Waals surface area contributed by atoms with Gasteiger partial charge in [-0.3, -0.25) is 0 Å². The highest BCUT2D eigenvalue weighted by atomic mass is 16.5. The molecule has 0 spiro atoms. The van der Waals surface area contributed by atoms with Crippen LogP contribution >= 0.6 is 0 Å². The molecule has 0 saturated carbocycles. The van der Waals surface area contributed by atoms with Crippen molar-refractivity contribution in [3.05, 3.63) is 42.0 Å². The van der Waals surface area contributed by atoms with Crippen molar-refractivity contribution in [2.75, 3.05) is 7.11 Å². The third-order valence-corrected chi connectivity index (χ3v) is 2.73. The van der Waals surface area contributed by atoms with Crippen LogP contribution in [0.2, 0.25) is 0 Å². The Labute approximate surface area is 97.1 Å². The molecular formula is C15H16O. The van der Waals surface area contributed by atoms with Gasteiger partial charge in [-0.15, -0.1) is 0 Å². The molecule has 1 nitrogen and oxygen atoms in total. The third kappa shape index (κ3) is 2.90. The number of benzene rings is 1. The van der Waals surface area contributed by atoms with Crippen LogP contribution in [-0.4, -0.2) is 7.11 Å². The molecular weight excluding hydrogens is 196 g/mol. The molecule has 1 aromatic rings. The van der Waals surface area contributed by atoms with Crippen molar-refractivity contribution in [2.45, 2.75) is 19.3 Å². The van der Waals surface area contributed by atoms with Crippen LogP contribution in [0, 0.1) is 17.8 Å². The van der Waals surface area contributed by atoms with Crippen LogP contribution in [0.15, 0.2) is 36.4 Å². The standard InChI is InChI=1S/C15H16O/c1-16-15-9-5-8-14(12-15)11-10-13-6-3-2-4-7-13/h3,5-6,8-9,12-13H,2,4,7H2,1H3/t13-/m1/s1. The lowest BCUT2D eigenvalue weighted by Gasteiger charge is -2.08. The maximum Gasteiger partial charge on any atom is 0.120 e. The van der Waals surface area contributed by atoms with Gasteiger partial charge >= 0.3 is 0 Å². The Kier molecular flexibility index (Phi) is 3.66. The molecule has 0 saturated heterocycles. The maximum absolute atomic E-state index is 5.16. The average molecular weight is 212 g/mol. The van der Waals surface area contributed by atoms with Crippen LogP contribution in [0.1, 0.15) is 24.8 Å². The molecule has 0 N–H and O–H groups in total. The first-order valence-corrected chi connectivity index (χ1v) is 5.71. The van der Waals surface area contributed by atoms with E-state index >= 15 is 0 Å². The van der Waals surface area contributed by atoms with Crippen LogP contribution < -0.4 is 4.74 Å². The van der Waals surface area contributed by atoms with Crippen molar-refractivity contribution in [1.82, 2.24) is 0 Å². The molecule has 0 unspecified atom stereocenters. The number of ether oxygens (including phenoxy) is 1. The Morgan fingerprint density at radius 2 is 2.31 bits per heavy atom. The first-order chi connectivity index (χ1) is 7.88. The highest BCUT2D eigenvalue weighted by Crippen LogP contribution is 2.16. The molecule has 1 heteroatoms. The van der Waals surface area contributed by atoms with E-state index in [9.17, 15) is 0 Å². The molecule has 0 heterocycles. The van der Waals surface area contributed by atoms with Gasteiger partial charge in [0.25, 0.3) is 0 Å². The van der Waals surface area contributed by atoms with E-state index in [2.05, 4.69) is 24.0 Å². The molecule has 1 aliphatic carbocycles. The maximum atomic E-state index is 5.16. The average Bonchev–Trinajstić information content (AvgIpc) is 2.38. The fourth-order valence-electron chi connectivity index (χ4n) is 1.81. The Hall–Kier alpha value is -1.68. The largest absolute Gasteiger partial charge is 0.497 e.